The molecule has 1 aliphatic carbocycles. The van der Waals surface area contributed by atoms with E-state index in [0.29, 0.717) is 17.2 Å². The number of rotatable bonds is 4. The molecule has 0 spiro atoms. The van der Waals surface area contributed by atoms with Crippen molar-refractivity contribution in [2.45, 2.75) is 45.6 Å². The Morgan fingerprint density at radius 2 is 2.15 bits per heavy atom. The molecule has 0 bridgehead atoms. The summed E-state index contributed by atoms with van der Waals surface area (Å²) >= 11 is 7.06. The van der Waals surface area contributed by atoms with Gasteiger partial charge in [0.1, 0.15) is 5.00 Å². The van der Waals surface area contributed by atoms with Crippen LogP contribution in [0.1, 0.15) is 51.3 Å². The summed E-state index contributed by atoms with van der Waals surface area (Å²) in [6, 6.07) is 0. The van der Waals surface area contributed by atoms with Crippen LogP contribution >= 0.6 is 23.6 Å². The van der Waals surface area contributed by atoms with Crippen LogP contribution in [0.25, 0.3) is 0 Å². The van der Waals surface area contributed by atoms with E-state index in [-0.39, 0.29) is 5.97 Å². The first-order valence-electron chi connectivity index (χ1n) is 8.76. The van der Waals surface area contributed by atoms with Crippen LogP contribution < -0.4 is 10.6 Å². The summed E-state index contributed by atoms with van der Waals surface area (Å²) < 4.78 is 6.86. The van der Waals surface area contributed by atoms with E-state index in [1.165, 1.54) is 18.4 Å². The standard InChI is InChI=1S/C18H24N4O2S2/c1-11-12(10-20-22(11)2)9-19-18(25)21-16-15(17(23)24-3)13-7-5-4-6-8-14(13)26-16/h10H,4-9H2,1-3H3,(H2,19,21,25). The van der Waals surface area contributed by atoms with Gasteiger partial charge in [-0.15, -0.1) is 11.3 Å². The molecule has 0 saturated heterocycles. The van der Waals surface area contributed by atoms with E-state index in [4.69, 9.17) is 17.0 Å². The Kier molecular flexibility index (Phi) is 5.93. The van der Waals surface area contributed by atoms with Crippen molar-refractivity contribution < 1.29 is 9.53 Å². The first-order chi connectivity index (χ1) is 12.5. The predicted octanol–water partition coefficient (Wildman–Crippen LogP) is 3.33. The summed E-state index contributed by atoms with van der Waals surface area (Å²) in [6.45, 7) is 2.61. The number of thiophene rings is 1. The third-order valence-electron chi connectivity index (χ3n) is 4.81. The van der Waals surface area contributed by atoms with Crippen molar-refractivity contribution in [2.24, 2.45) is 7.05 Å². The average molecular weight is 393 g/mol. The number of nitrogens with zero attached hydrogens (tertiary/aromatic N) is 2. The van der Waals surface area contributed by atoms with Gasteiger partial charge >= 0.3 is 5.97 Å². The Bertz CT molecular complexity index is 826. The number of aromatic nitrogens is 2. The van der Waals surface area contributed by atoms with Crippen LogP contribution in [0.3, 0.4) is 0 Å². The molecule has 0 saturated carbocycles. The van der Waals surface area contributed by atoms with Crippen LogP contribution in [-0.4, -0.2) is 28.0 Å². The molecule has 1 aliphatic rings. The molecule has 2 N–H and O–H groups in total. The molecule has 0 aliphatic heterocycles. The maximum atomic E-state index is 12.4. The molecule has 0 aromatic carbocycles. The molecular formula is C18H24N4O2S2. The summed E-state index contributed by atoms with van der Waals surface area (Å²) in [4.78, 5) is 13.6. The minimum Gasteiger partial charge on any atom is -0.465 e. The molecule has 2 heterocycles. The molecular weight excluding hydrogens is 368 g/mol. The Labute approximate surface area is 162 Å². The highest BCUT2D eigenvalue weighted by Crippen LogP contribution is 2.37. The number of anilines is 1. The number of nitrogens with one attached hydrogen (secondary N) is 2. The molecule has 0 atom stereocenters. The zero-order chi connectivity index (χ0) is 18.7. The summed E-state index contributed by atoms with van der Waals surface area (Å²) in [5, 5.41) is 11.9. The van der Waals surface area contributed by atoms with Crippen LogP contribution in [0.15, 0.2) is 6.20 Å². The van der Waals surface area contributed by atoms with E-state index in [1.54, 1.807) is 11.3 Å². The lowest BCUT2D eigenvalue weighted by Crippen LogP contribution is -2.28. The first-order valence-corrected chi connectivity index (χ1v) is 9.99. The van der Waals surface area contributed by atoms with Crippen LogP contribution in [0.2, 0.25) is 0 Å². The van der Waals surface area contributed by atoms with Gasteiger partial charge in [0.2, 0.25) is 0 Å². The molecule has 0 unspecified atom stereocenters. The third-order valence-corrected chi connectivity index (χ3v) is 6.27. The van der Waals surface area contributed by atoms with Gasteiger partial charge in [-0.2, -0.15) is 5.10 Å². The molecule has 8 heteroatoms. The zero-order valence-electron chi connectivity index (χ0n) is 15.3. The van der Waals surface area contributed by atoms with Gasteiger partial charge < -0.3 is 15.4 Å². The van der Waals surface area contributed by atoms with Crippen molar-refractivity contribution in [3.63, 3.8) is 0 Å². The summed E-state index contributed by atoms with van der Waals surface area (Å²) in [7, 11) is 3.34. The first kappa shape index (κ1) is 18.8. The smallest absolute Gasteiger partial charge is 0.341 e. The lowest BCUT2D eigenvalue weighted by Gasteiger charge is -2.11. The lowest BCUT2D eigenvalue weighted by atomic mass is 10.1. The maximum absolute atomic E-state index is 12.4. The number of hydrogen-bond donors (Lipinski definition) is 2. The number of ether oxygens (including phenoxy) is 1. The number of methoxy groups -OCH3 is 1. The van der Waals surface area contributed by atoms with Gasteiger partial charge in [0, 0.05) is 29.7 Å². The summed E-state index contributed by atoms with van der Waals surface area (Å²) in [6.07, 6.45) is 7.24. The highest BCUT2D eigenvalue weighted by molar-refractivity contribution is 7.80. The fourth-order valence-electron chi connectivity index (χ4n) is 3.19. The number of hydrogen-bond acceptors (Lipinski definition) is 5. The van der Waals surface area contributed by atoms with Crippen molar-refractivity contribution in [3.05, 3.63) is 33.5 Å². The van der Waals surface area contributed by atoms with Gasteiger partial charge in [0.25, 0.3) is 0 Å². The minimum absolute atomic E-state index is 0.294. The Morgan fingerprint density at radius 1 is 1.38 bits per heavy atom. The Balaban J connectivity index is 1.75. The van der Waals surface area contributed by atoms with E-state index in [2.05, 4.69) is 15.7 Å². The number of aryl methyl sites for hydroxylation is 2. The second-order valence-electron chi connectivity index (χ2n) is 6.45. The van der Waals surface area contributed by atoms with E-state index in [1.807, 2.05) is 24.9 Å². The lowest BCUT2D eigenvalue weighted by molar-refractivity contribution is 0.0601. The van der Waals surface area contributed by atoms with E-state index in [0.717, 1.165) is 47.5 Å². The van der Waals surface area contributed by atoms with E-state index in [9.17, 15) is 4.79 Å². The molecule has 2 aromatic heterocycles. The van der Waals surface area contributed by atoms with Crippen LogP contribution in [0.5, 0.6) is 0 Å². The molecule has 140 valence electrons. The van der Waals surface area contributed by atoms with Crippen LogP contribution in [0.4, 0.5) is 5.00 Å². The van der Waals surface area contributed by atoms with E-state index < -0.39 is 0 Å². The second kappa shape index (κ2) is 8.18. The topological polar surface area (TPSA) is 68.2 Å². The Morgan fingerprint density at radius 3 is 2.85 bits per heavy atom. The molecule has 2 aromatic rings. The number of carbonyl (C=O) groups is 1. The fourth-order valence-corrected chi connectivity index (χ4v) is 4.71. The normalized spacial score (nSPS) is 13.7. The molecule has 0 fully saturated rings. The van der Waals surface area contributed by atoms with Crippen molar-refractivity contribution in [2.75, 3.05) is 12.4 Å². The van der Waals surface area contributed by atoms with Gasteiger partial charge in [-0.1, -0.05) is 6.42 Å². The van der Waals surface area contributed by atoms with E-state index >= 15 is 0 Å². The second-order valence-corrected chi connectivity index (χ2v) is 7.96. The largest absolute Gasteiger partial charge is 0.465 e. The number of esters is 1. The predicted molar refractivity (Wildman–Crippen MR) is 108 cm³/mol. The van der Waals surface area contributed by atoms with Gasteiger partial charge in [-0.25, -0.2) is 4.79 Å². The molecule has 26 heavy (non-hydrogen) atoms. The highest BCUT2D eigenvalue weighted by Gasteiger charge is 2.25. The number of fused-ring (bicyclic) bond motifs is 1. The van der Waals surface area contributed by atoms with Crippen molar-refractivity contribution in [1.29, 1.82) is 0 Å². The SMILES string of the molecule is COC(=O)c1c(NC(=S)NCc2cnn(C)c2C)sc2c1CCCCC2. The molecule has 0 radical (unpaired) electrons. The van der Waals surface area contributed by atoms with Crippen molar-refractivity contribution >= 4 is 39.6 Å². The molecule has 0 amide bonds. The molecule has 6 nitrogen and oxygen atoms in total. The fraction of sp³-hybridized carbons (Fsp3) is 0.500. The summed E-state index contributed by atoms with van der Waals surface area (Å²) in [5.41, 5.74) is 3.97. The highest BCUT2D eigenvalue weighted by atomic mass is 32.1. The van der Waals surface area contributed by atoms with Crippen LogP contribution in [0, 0.1) is 6.92 Å². The quantitative estimate of drug-likeness (QED) is 0.473. The maximum Gasteiger partial charge on any atom is 0.341 e. The number of carbonyl (C=O) groups excluding carboxylic acids is 1. The molecule has 3 rings (SSSR count). The van der Waals surface area contributed by atoms with Gasteiger partial charge in [0.05, 0.1) is 18.9 Å². The zero-order valence-corrected chi connectivity index (χ0v) is 17.0. The Hall–Kier alpha value is -1.93. The minimum atomic E-state index is -0.294. The monoisotopic (exact) mass is 392 g/mol. The van der Waals surface area contributed by atoms with Crippen LogP contribution in [-0.2, 0) is 31.2 Å². The van der Waals surface area contributed by atoms with Gasteiger partial charge in [0.15, 0.2) is 5.11 Å². The van der Waals surface area contributed by atoms with Crippen molar-refractivity contribution in [1.82, 2.24) is 15.1 Å². The van der Waals surface area contributed by atoms with Gasteiger partial charge in [-0.05, 0) is 50.4 Å². The third kappa shape index (κ3) is 3.91. The van der Waals surface area contributed by atoms with Crippen molar-refractivity contribution in [3.8, 4) is 0 Å². The average Bonchev–Trinajstić information content (AvgIpc) is 3.02. The summed E-state index contributed by atoms with van der Waals surface area (Å²) in [5.74, 6) is -0.294. The van der Waals surface area contributed by atoms with Gasteiger partial charge in [-0.3, -0.25) is 4.68 Å². The number of thiocarbonyl (C=S) groups is 1.